The minimum Gasteiger partial charge on any atom is -0.126 e. The van der Waals surface area contributed by atoms with Crippen molar-refractivity contribution >= 4 is 24.8 Å². The summed E-state index contributed by atoms with van der Waals surface area (Å²) in [7, 11) is 0. The molecule has 1 aliphatic rings. The van der Waals surface area contributed by atoms with Gasteiger partial charge < -0.3 is 0 Å². The van der Waals surface area contributed by atoms with Gasteiger partial charge in [-0.1, -0.05) is 56.2 Å². The molecule has 5 aromatic carbocycles. The van der Waals surface area contributed by atoms with Gasteiger partial charge in [0.1, 0.15) is 0 Å². The van der Waals surface area contributed by atoms with E-state index in [1.54, 1.807) is 0 Å². The Bertz CT molecular complexity index is 1360. The van der Waals surface area contributed by atoms with Gasteiger partial charge >= 0.3 is 99.2 Å². The molecule has 35 heavy (non-hydrogen) atoms. The monoisotopic (exact) mass is 528 g/mol. The second kappa shape index (κ2) is 12.1. The molecule has 1 unspecified atom stereocenters. The van der Waals surface area contributed by atoms with E-state index in [2.05, 4.69) is 148 Å². The van der Waals surface area contributed by atoms with Crippen molar-refractivity contribution in [3.05, 3.63) is 150 Å². The summed E-state index contributed by atoms with van der Waals surface area (Å²) >= 11 is 1.46. The fraction of sp³-hybridized carbons (Fsp3) is 0.118. The van der Waals surface area contributed by atoms with E-state index in [0.717, 1.165) is 0 Å². The van der Waals surface area contributed by atoms with Crippen molar-refractivity contribution in [3.63, 3.8) is 0 Å². The third kappa shape index (κ3) is 6.56. The van der Waals surface area contributed by atoms with Crippen LogP contribution < -0.4 is 0 Å². The first-order chi connectivity index (χ1) is 17.0. The molecule has 170 valence electrons. The zero-order valence-electron chi connectivity index (χ0n) is 20.6. The molecule has 0 spiro atoms. The molecule has 0 saturated heterocycles. The molecule has 0 radical (unpaired) electrons. The molecular formula is C34H30Zr. The van der Waals surface area contributed by atoms with Crippen molar-refractivity contribution in [2.24, 2.45) is 5.92 Å². The van der Waals surface area contributed by atoms with Crippen molar-refractivity contribution in [1.82, 2.24) is 0 Å². The Labute approximate surface area is 224 Å². The largest absolute Gasteiger partial charge is 0.126 e. The van der Waals surface area contributed by atoms with Crippen LogP contribution in [0.4, 0.5) is 0 Å². The molecule has 0 aromatic heterocycles. The number of hydrogen-bond acceptors (Lipinski definition) is 0. The van der Waals surface area contributed by atoms with Gasteiger partial charge in [-0.2, -0.15) is 6.08 Å². The Morgan fingerprint density at radius 3 is 1.46 bits per heavy atom. The molecule has 0 amide bonds. The normalized spacial score (nSPS) is 14.4. The molecule has 0 nitrogen and oxygen atoms in total. The third-order valence-electron chi connectivity index (χ3n) is 6.18. The molecule has 1 atom stereocenters. The quantitative estimate of drug-likeness (QED) is 0.200. The van der Waals surface area contributed by atoms with Crippen LogP contribution in [0, 0.1) is 12.0 Å². The predicted molar refractivity (Wildman–Crippen MR) is 148 cm³/mol. The minimum absolute atomic E-state index is 0.551. The summed E-state index contributed by atoms with van der Waals surface area (Å²) in [5.74, 6) is 0.551. The molecule has 0 aliphatic heterocycles. The predicted octanol–water partition coefficient (Wildman–Crippen LogP) is 8.85. The fourth-order valence-electron chi connectivity index (χ4n) is 4.28. The van der Waals surface area contributed by atoms with Crippen molar-refractivity contribution in [2.45, 2.75) is 20.8 Å². The van der Waals surface area contributed by atoms with Gasteiger partial charge in [0.25, 0.3) is 0 Å². The second-order valence-corrected chi connectivity index (χ2v) is 10.1. The Morgan fingerprint density at radius 2 is 1.09 bits per heavy atom. The number of hydrogen-bond donors (Lipinski definition) is 0. The smallest absolute Gasteiger partial charge is 0.0771 e. The van der Waals surface area contributed by atoms with E-state index in [4.69, 9.17) is 0 Å². The van der Waals surface area contributed by atoms with Crippen LogP contribution in [0.15, 0.2) is 132 Å². The van der Waals surface area contributed by atoms with E-state index in [9.17, 15) is 0 Å². The Hall–Kier alpha value is -3.02. The maximum atomic E-state index is 3.29. The van der Waals surface area contributed by atoms with Crippen LogP contribution in [0.1, 0.15) is 31.9 Å². The van der Waals surface area contributed by atoms with E-state index >= 15 is 0 Å². The molecular weight excluding hydrogens is 500 g/mol. The summed E-state index contributed by atoms with van der Waals surface area (Å²) in [6.07, 6.45) is 5.52. The van der Waals surface area contributed by atoms with Crippen LogP contribution in [0.2, 0.25) is 0 Å². The topological polar surface area (TPSA) is 0 Å². The standard InChI is InChI=1S/C13H9.C13H10.C8H11.Zr/c1-3-7-12-10(5-1)9-11-6-2-4-8-13(11)12;1-3-7-12(8-4-1)11-13-9-5-2-6-10-13;1-6-4-7(2)8(3)5-6;/h1-9H;1-10H;4,6H,1-3H3;/q-1;;-1;+2. The van der Waals surface area contributed by atoms with E-state index < -0.39 is 0 Å². The van der Waals surface area contributed by atoms with E-state index in [1.165, 1.54) is 71.3 Å². The summed E-state index contributed by atoms with van der Waals surface area (Å²) in [6, 6.07) is 40.4. The van der Waals surface area contributed by atoms with Gasteiger partial charge in [0.2, 0.25) is 0 Å². The maximum Gasteiger partial charge on any atom is -0.0771 e. The van der Waals surface area contributed by atoms with E-state index in [1.807, 2.05) is 0 Å². The molecule has 0 N–H and O–H groups in total. The average molecular weight is 530 g/mol. The molecule has 0 heterocycles. The van der Waals surface area contributed by atoms with Crippen molar-refractivity contribution in [1.29, 1.82) is 0 Å². The SMILES string of the molecule is CC1=[C-]C(C)C=C1C.[Zr+2]=[C](c1ccccc1)c1ccccc1.c1ccc2c(c1)[cH-]c1ccccc12. The van der Waals surface area contributed by atoms with Crippen LogP contribution >= 0.6 is 0 Å². The fourth-order valence-corrected chi connectivity index (χ4v) is 5.10. The van der Waals surface area contributed by atoms with Crippen LogP contribution in [-0.4, -0.2) is 3.21 Å². The van der Waals surface area contributed by atoms with Gasteiger partial charge in [0, 0.05) is 0 Å². The van der Waals surface area contributed by atoms with Crippen molar-refractivity contribution in [2.75, 3.05) is 0 Å². The Morgan fingerprint density at radius 1 is 0.657 bits per heavy atom. The zero-order valence-corrected chi connectivity index (χ0v) is 23.1. The molecule has 6 rings (SSSR count). The van der Waals surface area contributed by atoms with Crippen molar-refractivity contribution < 1.29 is 24.2 Å². The molecule has 0 fully saturated rings. The van der Waals surface area contributed by atoms with Crippen LogP contribution in [0.5, 0.6) is 0 Å². The van der Waals surface area contributed by atoms with Gasteiger partial charge in [-0.25, -0.2) is 11.1 Å². The summed E-state index contributed by atoms with van der Waals surface area (Å²) in [4.78, 5) is 0. The van der Waals surface area contributed by atoms with Crippen LogP contribution in [0.3, 0.4) is 0 Å². The van der Waals surface area contributed by atoms with Gasteiger partial charge in [-0.05, 0) is 0 Å². The van der Waals surface area contributed by atoms with Gasteiger partial charge in [-0.15, -0.1) is 46.7 Å². The minimum atomic E-state index is 0.551. The number of fused-ring (bicyclic) bond motifs is 3. The maximum absolute atomic E-state index is 3.29. The second-order valence-electron chi connectivity index (χ2n) is 8.83. The average Bonchev–Trinajstić information content (AvgIpc) is 3.43. The van der Waals surface area contributed by atoms with Crippen LogP contribution in [-0.2, 0) is 24.2 Å². The number of allylic oxidation sites excluding steroid dienone is 4. The molecule has 0 saturated carbocycles. The van der Waals surface area contributed by atoms with Gasteiger partial charge in [-0.3, -0.25) is 6.08 Å². The third-order valence-corrected chi connectivity index (χ3v) is 7.60. The Balaban J connectivity index is 0.000000129. The van der Waals surface area contributed by atoms with Crippen LogP contribution in [0.25, 0.3) is 21.5 Å². The number of rotatable bonds is 2. The molecule has 0 bridgehead atoms. The molecule has 1 heteroatoms. The summed E-state index contributed by atoms with van der Waals surface area (Å²) in [5, 5.41) is 5.39. The first-order valence-corrected chi connectivity index (χ1v) is 13.3. The van der Waals surface area contributed by atoms with Gasteiger partial charge in [0.15, 0.2) is 0 Å². The summed E-state index contributed by atoms with van der Waals surface area (Å²) in [6.45, 7) is 6.39. The number of benzene rings is 4. The van der Waals surface area contributed by atoms with Crippen molar-refractivity contribution in [3.8, 4) is 0 Å². The summed E-state index contributed by atoms with van der Waals surface area (Å²) < 4.78 is 1.42. The summed E-state index contributed by atoms with van der Waals surface area (Å²) in [5.41, 5.74) is 5.36. The molecule has 5 aromatic rings. The Kier molecular flexibility index (Phi) is 8.67. The molecule has 1 aliphatic carbocycles. The zero-order chi connectivity index (χ0) is 24.6. The van der Waals surface area contributed by atoms with E-state index in [-0.39, 0.29) is 0 Å². The first kappa shape index (κ1) is 25.1. The van der Waals surface area contributed by atoms with Gasteiger partial charge in [0.05, 0.1) is 0 Å². The van der Waals surface area contributed by atoms with E-state index in [0.29, 0.717) is 5.92 Å². The first-order valence-electron chi connectivity index (χ1n) is 12.0.